The molecule has 1 aliphatic heterocycles. The summed E-state index contributed by atoms with van der Waals surface area (Å²) < 4.78 is 14.7. The molecule has 1 saturated heterocycles. The minimum atomic E-state index is -2.69. The Morgan fingerprint density at radius 2 is 1.55 bits per heavy atom. The van der Waals surface area contributed by atoms with Crippen LogP contribution in [-0.4, -0.2) is 42.4 Å². The second kappa shape index (κ2) is 11.9. The van der Waals surface area contributed by atoms with Crippen molar-refractivity contribution in [2.75, 3.05) is 18.5 Å². The smallest absolute Gasteiger partial charge is 0.350 e. The summed E-state index contributed by atoms with van der Waals surface area (Å²) in [5.41, 5.74) is -0.187. The Morgan fingerprint density at radius 1 is 0.975 bits per heavy atom. The third-order valence-electron chi connectivity index (χ3n) is 7.00. The molecule has 40 heavy (non-hydrogen) atoms. The summed E-state index contributed by atoms with van der Waals surface area (Å²) in [7, 11) is -2.69. The number of hydrogen-bond donors (Lipinski definition) is 1. The van der Waals surface area contributed by atoms with Crippen molar-refractivity contribution in [1.82, 2.24) is 9.55 Å². The van der Waals surface area contributed by atoms with E-state index in [0.29, 0.717) is 18.8 Å². The molecule has 1 fully saturated rings. The van der Waals surface area contributed by atoms with Crippen molar-refractivity contribution in [3.63, 3.8) is 0 Å². The lowest BCUT2D eigenvalue weighted by molar-refractivity contribution is 0.0849. The molecule has 2 atom stereocenters. The van der Waals surface area contributed by atoms with E-state index in [1.807, 2.05) is 18.2 Å². The van der Waals surface area contributed by atoms with Crippen LogP contribution in [0.5, 0.6) is 0 Å². The number of anilines is 1. The highest BCUT2D eigenvalue weighted by Crippen LogP contribution is 2.39. The lowest BCUT2D eigenvalue weighted by Gasteiger charge is -2.43. The van der Waals surface area contributed by atoms with Gasteiger partial charge in [-0.25, -0.2) is 4.79 Å². The van der Waals surface area contributed by atoms with E-state index in [4.69, 9.17) is 9.16 Å². The molecule has 3 aromatic carbocycles. The van der Waals surface area contributed by atoms with Crippen LogP contribution < -0.4 is 21.4 Å². The molecule has 4 aromatic rings. The average Bonchev–Trinajstić information content (AvgIpc) is 3.43. The number of ether oxygens (including phenoxy) is 1. The standard InChI is InChI=1S/C31H33N3O4SSi/c1-31(2,3)40(24-15-9-5-10-16-24,25-17-11-6-12-18-25)38-22-28-37-21-27(39-28)34-20-19-26(33-30(34)36)32-29(35)23-13-7-4-8-14-23/h4-20,27-28H,21-22H2,1-3H3,(H,32,33,35,36)/t27-,28-/m1/s1. The minimum Gasteiger partial charge on any atom is -0.404 e. The number of nitrogens with one attached hydrogen (secondary N) is 1. The molecule has 1 aliphatic rings. The zero-order chi connectivity index (χ0) is 28.2. The van der Waals surface area contributed by atoms with Gasteiger partial charge in [0.1, 0.15) is 16.6 Å². The van der Waals surface area contributed by atoms with Gasteiger partial charge in [-0.3, -0.25) is 9.36 Å². The summed E-state index contributed by atoms with van der Waals surface area (Å²) in [6.45, 7) is 7.48. The van der Waals surface area contributed by atoms with Gasteiger partial charge in [0.05, 0.1) is 13.2 Å². The van der Waals surface area contributed by atoms with Crippen LogP contribution >= 0.6 is 11.8 Å². The summed E-state index contributed by atoms with van der Waals surface area (Å²) in [5, 5.41) is 4.73. The van der Waals surface area contributed by atoms with Gasteiger partial charge in [-0.05, 0) is 33.6 Å². The van der Waals surface area contributed by atoms with E-state index >= 15 is 0 Å². The zero-order valence-corrected chi connectivity index (χ0v) is 24.6. The number of thioether (sulfide) groups is 1. The van der Waals surface area contributed by atoms with E-state index in [1.165, 1.54) is 10.4 Å². The van der Waals surface area contributed by atoms with Gasteiger partial charge in [0.25, 0.3) is 14.2 Å². The first-order chi connectivity index (χ1) is 19.3. The normalized spacial score (nSPS) is 17.5. The van der Waals surface area contributed by atoms with Crippen LogP contribution in [0, 0.1) is 0 Å². The van der Waals surface area contributed by atoms with Crippen LogP contribution in [0.25, 0.3) is 0 Å². The van der Waals surface area contributed by atoms with Crippen LogP contribution in [-0.2, 0) is 9.16 Å². The van der Waals surface area contributed by atoms with E-state index in [-0.39, 0.29) is 27.6 Å². The summed E-state index contributed by atoms with van der Waals surface area (Å²) in [5.74, 6) is -0.102. The van der Waals surface area contributed by atoms with Crippen molar-refractivity contribution in [2.24, 2.45) is 0 Å². The number of aromatic nitrogens is 2. The van der Waals surface area contributed by atoms with Gasteiger partial charge >= 0.3 is 5.69 Å². The van der Waals surface area contributed by atoms with Crippen LogP contribution in [0.2, 0.25) is 5.04 Å². The molecule has 7 nitrogen and oxygen atoms in total. The second-order valence-corrected chi connectivity index (χ2v) is 16.3. The molecule has 206 valence electrons. The van der Waals surface area contributed by atoms with Crippen LogP contribution in [0.3, 0.4) is 0 Å². The highest BCUT2D eigenvalue weighted by Gasteiger charge is 2.50. The first-order valence-electron chi connectivity index (χ1n) is 13.3. The molecule has 1 aromatic heterocycles. The molecular weight excluding hydrogens is 539 g/mol. The van der Waals surface area contributed by atoms with E-state index < -0.39 is 14.0 Å². The molecule has 1 N–H and O–H groups in total. The maximum absolute atomic E-state index is 12.9. The van der Waals surface area contributed by atoms with Crippen molar-refractivity contribution in [2.45, 2.75) is 36.6 Å². The summed E-state index contributed by atoms with van der Waals surface area (Å²) in [6.07, 6.45) is 1.66. The molecule has 0 aliphatic carbocycles. The Bertz CT molecular complexity index is 1450. The topological polar surface area (TPSA) is 82.4 Å². The summed E-state index contributed by atoms with van der Waals surface area (Å²) in [4.78, 5) is 29.4. The fourth-order valence-electron chi connectivity index (χ4n) is 5.11. The van der Waals surface area contributed by atoms with Crippen molar-refractivity contribution >= 4 is 42.2 Å². The molecule has 0 spiro atoms. The SMILES string of the molecule is CC(C)(C)[Si](OC[C@@H]1OC[C@H](n2ccc(NC(=O)c3ccccc3)nc2=O)S1)(c1ccccc1)c1ccccc1. The van der Waals surface area contributed by atoms with Crippen molar-refractivity contribution in [3.05, 3.63) is 119 Å². The van der Waals surface area contributed by atoms with Gasteiger partial charge in [0.2, 0.25) is 0 Å². The maximum atomic E-state index is 12.9. The predicted molar refractivity (Wildman–Crippen MR) is 163 cm³/mol. The van der Waals surface area contributed by atoms with Crippen LogP contribution in [0.1, 0.15) is 36.5 Å². The van der Waals surface area contributed by atoms with Gasteiger partial charge in [-0.2, -0.15) is 4.98 Å². The highest BCUT2D eigenvalue weighted by atomic mass is 32.2. The third-order valence-corrected chi connectivity index (χ3v) is 13.3. The Hall–Kier alpha value is -3.50. The molecule has 2 heterocycles. The maximum Gasteiger partial charge on any atom is 0.350 e. The lowest BCUT2D eigenvalue weighted by Crippen LogP contribution is -2.67. The van der Waals surface area contributed by atoms with E-state index in [0.717, 1.165) is 0 Å². The number of carbonyl (C=O) groups is 1. The molecule has 0 unspecified atom stereocenters. The number of benzene rings is 3. The van der Waals surface area contributed by atoms with E-state index in [9.17, 15) is 9.59 Å². The largest absolute Gasteiger partial charge is 0.404 e. The number of carbonyl (C=O) groups excluding carboxylic acids is 1. The van der Waals surface area contributed by atoms with Gasteiger partial charge < -0.3 is 14.5 Å². The van der Waals surface area contributed by atoms with Gasteiger partial charge in [-0.15, -0.1) is 11.8 Å². The number of rotatable bonds is 8. The van der Waals surface area contributed by atoms with Crippen LogP contribution in [0.15, 0.2) is 108 Å². The summed E-state index contributed by atoms with van der Waals surface area (Å²) in [6, 6.07) is 31.4. The Morgan fingerprint density at radius 3 is 2.10 bits per heavy atom. The molecule has 5 rings (SSSR count). The van der Waals surface area contributed by atoms with E-state index in [2.05, 4.69) is 79.6 Å². The Labute approximate surface area is 239 Å². The molecular formula is C31H33N3O4SSi. The zero-order valence-electron chi connectivity index (χ0n) is 22.8. The fourth-order valence-corrected chi connectivity index (χ4v) is 10.9. The van der Waals surface area contributed by atoms with Gasteiger partial charge in [0.15, 0.2) is 0 Å². The quantitative estimate of drug-likeness (QED) is 0.310. The Kier molecular flexibility index (Phi) is 8.37. The van der Waals surface area contributed by atoms with Gasteiger partial charge in [0, 0.05) is 11.8 Å². The van der Waals surface area contributed by atoms with Crippen molar-refractivity contribution in [3.8, 4) is 0 Å². The monoisotopic (exact) mass is 571 g/mol. The third kappa shape index (κ3) is 5.83. The molecule has 0 saturated carbocycles. The number of nitrogens with zero attached hydrogens (tertiary/aromatic N) is 2. The Balaban J connectivity index is 1.31. The lowest BCUT2D eigenvalue weighted by atomic mass is 10.2. The highest BCUT2D eigenvalue weighted by molar-refractivity contribution is 8.00. The first-order valence-corrected chi connectivity index (χ1v) is 16.1. The fraction of sp³-hybridized carbons (Fsp3) is 0.258. The average molecular weight is 572 g/mol. The van der Waals surface area contributed by atoms with Crippen LogP contribution in [0.4, 0.5) is 5.82 Å². The predicted octanol–water partition coefficient (Wildman–Crippen LogP) is 4.66. The molecule has 9 heteroatoms. The molecule has 0 bridgehead atoms. The number of amides is 1. The van der Waals surface area contributed by atoms with Crippen molar-refractivity contribution < 1.29 is 14.0 Å². The molecule has 1 amide bonds. The van der Waals surface area contributed by atoms with E-state index in [1.54, 1.807) is 52.9 Å². The van der Waals surface area contributed by atoms with Gasteiger partial charge in [-0.1, -0.05) is 99.6 Å². The first kappa shape index (κ1) is 28.0. The second-order valence-electron chi connectivity index (χ2n) is 10.7. The minimum absolute atomic E-state index is 0.140. The van der Waals surface area contributed by atoms with Crippen molar-refractivity contribution in [1.29, 1.82) is 0 Å². The number of hydrogen-bond acceptors (Lipinski definition) is 6. The summed E-state index contributed by atoms with van der Waals surface area (Å²) >= 11 is 1.55. The molecule has 0 radical (unpaired) electrons.